The van der Waals surface area contributed by atoms with Crippen LogP contribution in [0.15, 0.2) is 24.4 Å². The van der Waals surface area contributed by atoms with Crippen LogP contribution in [-0.4, -0.2) is 10.1 Å². The molecule has 0 amide bonds. The van der Waals surface area contributed by atoms with Gasteiger partial charge in [-0.25, -0.2) is 9.37 Å². The van der Waals surface area contributed by atoms with Crippen LogP contribution in [0.2, 0.25) is 5.02 Å². The largest absolute Gasteiger partial charge is 0.443 e. The first kappa shape index (κ1) is 15.2. The molecular weight excluding hydrogens is 318 g/mol. The Labute approximate surface area is 120 Å². The van der Waals surface area contributed by atoms with Gasteiger partial charge in [-0.15, -0.1) is 11.3 Å². The molecule has 8 heteroatoms. The molecule has 0 bridgehead atoms. The molecule has 2 rings (SSSR count). The Morgan fingerprint density at radius 1 is 1.35 bits per heavy atom. The van der Waals surface area contributed by atoms with Crippen LogP contribution in [0.5, 0.6) is 0 Å². The third-order valence-corrected chi connectivity index (χ3v) is 4.02. The van der Waals surface area contributed by atoms with Crippen molar-refractivity contribution < 1.29 is 22.7 Å². The molecule has 0 saturated carbocycles. The van der Waals surface area contributed by atoms with Crippen LogP contribution in [0.1, 0.15) is 21.6 Å². The lowest BCUT2D eigenvalue weighted by Gasteiger charge is -2.09. The maximum absolute atomic E-state index is 12.9. The van der Waals surface area contributed by atoms with Gasteiger partial charge in [0.05, 0.1) is 11.0 Å². The molecule has 0 saturated heterocycles. The summed E-state index contributed by atoms with van der Waals surface area (Å²) < 4.78 is 50.1. The number of aliphatic hydroxyl groups is 1. The molecule has 1 unspecified atom stereocenters. The molecule has 1 aromatic heterocycles. The SMILES string of the molecule is OC(Cc1ccc(F)cc1Cl)c1cnc(C(F)(F)F)s1. The first-order valence-electron chi connectivity index (χ1n) is 5.42. The summed E-state index contributed by atoms with van der Waals surface area (Å²) in [5.74, 6) is -0.523. The molecule has 108 valence electrons. The fraction of sp³-hybridized carbons (Fsp3) is 0.250. The maximum Gasteiger partial charge on any atom is 0.443 e. The van der Waals surface area contributed by atoms with Gasteiger partial charge in [-0.05, 0) is 17.7 Å². The second-order valence-corrected chi connectivity index (χ2v) is 5.49. The van der Waals surface area contributed by atoms with Gasteiger partial charge in [0.1, 0.15) is 5.82 Å². The van der Waals surface area contributed by atoms with E-state index in [4.69, 9.17) is 11.6 Å². The smallest absolute Gasteiger partial charge is 0.387 e. The van der Waals surface area contributed by atoms with Crippen LogP contribution in [-0.2, 0) is 12.6 Å². The Hall–Kier alpha value is -1.18. The van der Waals surface area contributed by atoms with E-state index in [1.807, 2.05) is 0 Å². The van der Waals surface area contributed by atoms with Crippen LogP contribution in [0.4, 0.5) is 17.6 Å². The van der Waals surface area contributed by atoms with Crippen LogP contribution in [0.25, 0.3) is 0 Å². The fourth-order valence-electron chi connectivity index (χ4n) is 1.57. The first-order chi connectivity index (χ1) is 9.27. The van der Waals surface area contributed by atoms with E-state index in [9.17, 15) is 22.7 Å². The quantitative estimate of drug-likeness (QED) is 0.857. The van der Waals surface area contributed by atoms with Crippen LogP contribution in [0, 0.1) is 5.82 Å². The summed E-state index contributed by atoms with van der Waals surface area (Å²) in [4.78, 5) is 3.31. The zero-order chi connectivity index (χ0) is 14.9. The lowest BCUT2D eigenvalue weighted by Crippen LogP contribution is -2.03. The number of thiazole rings is 1. The molecule has 0 spiro atoms. The summed E-state index contributed by atoms with van der Waals surface area (Å²) in [7, 11) is 0. The van der Waals surface area contributed by atoms with E-state index in [-0.39, 0.29) is 16.3 Å². The summed E-state index contributed by atoms with van der Waals surface area (Å²) in [5, 5.41) is 9.00. The van der Waals surface area contributed by atoms with Crippen molar-refractivity contribution in [3.8, 4) is 0 Å². The lowest BCUT2D eigenvalue weighted by molar-refractivity contribution is -0.137. The van der Waals surface area contributed by atoms with Crippen molar-refractivity contribution in [1.82, 2.24) is 4.98 Å². The molecule has 0 aliphatic carbocycles. The zero-order valence-corrected chi connectivity index (χ0v) is 11.4. The zero-order valence-electron chi connectivity index (χ0n) is 9.79. The van der Waals surface area contributed by atoms with E-state index >= 15 is 0 Å². The Bertz CT molecular complexity index is 614. The Morgan fingerprint density at radius 3 is 2.60 bits per heavy atom. The highest BCUT2D eigenvalue weighted by Gasteiger charge is 2.35. The Morgan fingerprint density at radius 2 is 2.05 bits per heavy atom. The fourth-order valence-corrected chi connectivity index (χ4v) is 2.58. The summed E-state index contributed by atoms with van der Waals surface area (Å²) in [6.07, 6.45) is -4.74. The number of rotatable bonds is 3. The van der Waals surface area contributed by atoms with Gasteiger partial charge in [-0.1, -0.05) is 17.7 Å². The van der Waals surface area contributed by atoms with Crippen molar-refractivity contribution in [3.05, 3.63) is 50.7 Å². The average Bonchev–Trinajstić information content (AvgIpc) is 2.82. The van der Waals surface area contributed by atoms with Crippen LogP contribution in [0.3, 0.4) is 0 Å². The second kappa shape index (κ2) is 5.67. The van der Waals surface area contributed by atoms with Crippen molar-refractivity contribution in [2.45, 2.75) is 18.7 Å². The number of benzene rings is 1. The summed E-state index contributed by atoms with van der Waals surface area (Å²) in [6, 6.07) is 3.63. The van der Waals surface area contributed by atoms with Crippen molar-refractivity contribution in [1.29, 1.82) is 0 Å². The molecular formula is C12H8ClF4NOS. The molecule has 0 aliphatic heterocycles. The number of hydrogen-bond acceptors (Lipinski definition) is 3. The van der Waals surface area contributed by atoms with Crippen LogP contribution < -0.4 is 0 Å². The summed E-state index contributed by atoms with van der Waals surface area (Å²) in [5.41, 5.74) is 0.447. The predicted octanol–water partition coefficient (Wildman–Crippen LogP) is 4.23. The standard InChI is InChI=1S/C12H8ClF4NOS/c13-8-4-7(14)2-1-6(8)3-9(19)10-5-18-11(20-10)12(15,16)17/h1-2,4-5,9,19H,3H2. The lowest BCUT2D eigenvalue weighted by atomic mass is 10.1. The molecule has 1 N–H and O–H groups in total. The van der Waals surface area contributed by atoms with Gasteiger partial charge < -0.3 is 5.11 Å². The molecule has 1 heterocycles. The van der Waals surface area contributed by atoms with Gasteiger partial charge in [0.25, 0.3) is 0 Å². The molecule has 2 nitrogen and oxygen atoms in total. The van der Waals surface area contributed by atoms with E-state index in [2.05, 4.69) is 4.98 Å². The van der Waals surface area contributed by atoms with Gasteiger partial charge in [0.2, 0.25) is 0 Å². The van der Waals surface area contributed by atoms with E-state index in [1.54, 1.807) is 0 Å². The van der Waals surface area contributed by atoms with Crippen molar-refractivity contribution in [2.75, 3.05) is 0 Å². The highest BCUT2D eigenvalue weighted by molar-refractivity contribution is 7.11. The van der Waals surface area contributed by atoms with Gasteiger partial charge in [-0.2, -0.15) is 13.2 Å². The third-order valence-electron chi connectivity index (χ3n) is 2.52. The number of alkyl halides is 3. The minimum Gasteiger partial charge on any atom is -0.387 e. The van der Waals surface area contributed by atoms with Gasteiger partial charge >= 0.3 is 6.18 Å². The Kier molecular flexibility index (Phi) is 4.31. The van der Waals surface area contributed by atoms with Crippen LogP contribution >= 0.6 is 22.9 Å². The number of aromatic nitrogens is 1. The maximum atomic E-state index is 12.9. The van der Waals surface area contributed by atoms with E-state index in [0.29, 0.717) is 16.9 Å². The number of halogens is 5. The van der Waals surface area contributed by atoms with Crippen molar-refractivity contribution in [3.63, 3.8) is 0 Å². The first-order valence-corrected chi connectivity index (χ1v) is 6.61. The molecule has 1 aromatic carbocycles. The Balaban J connectivity index is 2.16. The molecule has 1 atom stereocenters. The van der Waals surface area contributed by atoms with Gasteiger partial charge in [0.15, 0.2) is 5.01 Å². The summed E-state index contributed by atoms with van der Waals surface area (Å²) in [6.45, 7) is 0. The van der Waals surface area contributed by atoms with Gasteiger partial charge in [-0.3, -0.25) is 0 Å². The normalized spacial score (nSPS) is 13.5. The molecule has 0 radical (unpaired) electrons. The monoisotopic (exact) mass is 325 g/mol. The predicted molar refractivity (Wildman–Crippen MR) is 67.2 cm³/mol. The molecule has 0 fully saturated rings. The minimum absolute atomic E-state index is 0.0153. The van der Waals surface area contributed by atoms with E-state index < -0.39 is 23.1 Å². The van der Waals surface area contributed by atoms with E-state index in [1.165, 1.54) is 12.1 Å². The highest BCUT2D eigenvalue weighted by atomic mass is 35.5. The molecule has 2 aromatic rings. The minimum atomic E-state index is -4.53. The topological polar surface area (TPSA) is 33.1 Å². The number of aliphatic hydroxyl groups excluding tert-OH is 1. The third kappa shape index (κ3) is 3.47. The highest BCUT2D eigenvalue weighted by Crippen LogP contribution is 2.35. The average molecular weight is 326 g/mol. The van der Waals surface area contributed by atoms with Crippen molar-refractivity contribution in [2.24, 2.45) is 0 Å². The number of nitrogens with zero attached hydrogens (tertiary/aromatic N) is 1. The number of hydrogen-bond donors (Lipinski definition) is 1. The van der Waals surface area contributed by atoms with E-state index in [0.717, 1.165) is 12.3 Å². The second-order valence-electron chi connectivity index (χ2n) is 4.02. The summed E-state index contributed by atoms with van der Waals surface area (Å²) >= 11 is 6.17. The van der Waals surface area contributed by atoms with Gasteiger partial charge in [0, 0.05) is 17.6 Å². The van der Waals surface area contributed by atoms with Crippen molar-refractivity contribution >= 4 is 22.9 Å². The molecule has 0 aliphatic rings. The molecule has 20 heavy (non-hydrogen) atoms.